The van der Waals surface area contributed by atoms with Gasteiger partial charge < -0.3 is 4.42 Å². The molecule has 0 atom stereocenters. The van der Waals surface area contributed by atoms with Gasteiger partial charge in [0.2, 0.25) is 0 Å². The first-order chi connectivity index (χ1) is 8.92. The second-order valence-corrected chi connectivity index (χ2v) is 5.56. The molecule has 1 aromatic rings. The highest BCUT2D eigenvalue weighted by Gasteiger charge is 2.35. The van der Waals surface area contributed by atoms with E-state index in [1.807, 2.05) is 13.8 Å². The zero-order valence-corrected chi connectivity index (χ0v) is 11.5. The van der Waals surface area contributed by atoms with Crippen LogP contribution in [0, 0.1) is 5.41 Å². The van der Waals surface area contributed by atoms with Gasteiger partial charge in [-0.3, -0.25) is 9.59 Å². The Bertz CT molecular complexity index is 557. The molecule has 0 saturated heterocycles. The van der Waals surface area contributed by atoms with E-state index in [9.17, 15) is 9.59 Å². The maximum absolute atomic E-state index is 12.3. The maximum atomic E-state index is 12.3. The van der Waals surface area contributed by atoms with E-state index in [-0.39, 0.29) is 17.0 Å². The Labute approximate surface area is 113 Å². The van der Waals surface area contributed by atoms with Crippen molar-refractivity contribution < 1.29 is 14.0 Å². The third-order valence-electron chi connectivity index (χ3n) is 3.66. The molecule has 1 aromatic heterocycles. The smallest absolute Gasteiger partial charge is 0.182 e. The van der Waals surface area contributed by atoms with E-state index < -0.39 is 0 Å². The molecule has 0 fully saturated rings. The fourth-order valence-corrected chi connectivity index (χ4v) is 2.53. The van der Waals surface area contributed by atoms with Gasteiger partial charge in [-0.15, -0.1) is 0 Å². The van der Waals surface area contributed by atoms with Gasteiger partial charge in [0.25, 0.3) is 0 Å². The molecule has 0 aromatic carbocycles. The molecule has 0 bridgehead atoms. The van der Waals surface area contributed by atoms with E-state index in [0.717, 1.165) is 12.0 Å². The van der Waals surface area contributed by atoms with Gasteiger partial charge in [0.05, 0.1) is 12.5 Å². The van der Waals surface area contributed by atoms with Gasteiger partial charge in [0, 0.05) is 17.6 Å². The van der Waals surface area contributed by atoms with Crippen molar-refractivity contribution in [1.82, 2.24) is 0 Å². The summed E-state index contributed by atoms with van der Waals surface area (Å²) in [6, 6.07) is 1.78. The summed E-state index contributed by atoms with van der Waals surface area (Å²) in [6.45, 7) is 5.78. The molecule has 3 nitrogen and oxygen atoms in total. The van der Waals surface area contributed by atoms with Crippen LogP contribution in [0.5, 0.6) is 0 Å². The number of ketones is 2. The first-order valence-electron chi connectivity index (χ1n) is 6.41. The Balaban J connectivity index is 2.30. The first kappa shape index (κ1) is 13.5. The van der Waals surface area contributed by atoms with Gasteiger partial charge in [-0.05, 0) is 42.6 Å². The van der Waals surface area contributed by atoms with Gasteiger partial charge in [-0.1, -0.05) is 13.8 Å². The Morgan fingerprint density at radius 1 is 1.42 bits per heavy atom. The Kier molecular flexibility index (Phi) is 3.56. The minimum absolute atomic E-state index is 0.0828. The monoisotopic (exact) mass is 258 g/mol. The van der Waals surface area contributed by atoms with Crippen LogP contribution in [0.3, 0.4) is 0 Å². The second kappa shape index (κ2) is 5.00. The predicted molar refractivity (Wildman–Crippen MR) is 73.5 cm³/mol. The first-order valence-corrected chi connectivity index (χ1v) is 6.41. The third-order valence-corrected chi connectivity index (χ3v) is 3.66. The van der Waals surface area contributed by atoms with Crippen molar-refractivity contribution in [1.29, 1.82) is 0 Å². The largest absolute Gasteiger partial charge is 0.472 e. The van der Waals surface area contributed by atoms with E-state index in [1.165, 1.54) is 6.08 Å². The number of hydrogen-bond donors (Lipinski definition) is 0. The third kappa shape index (κ3) is 2.75. The lowest BCUT2D eigenvalue weighted by molar-refractivity contribution is -0.118. The van der Waals surface area contributed by atoms with Crippen molar-refractivity contribution in [3.8, 4) is 0 Å². The number of hydrogen-bond acceptors (Lipinski definition) is 3. The van der Waals surface area contributed by atoms with Crippen LogP contribution in [0.15, 0.2) is 40.2 Å². The zero-order chi connectivity index (χ0) is 14.0. The summed E-state index contributed by atoms with van der Waals surface area (Å²) in [4.78, 5) is 24.1. The van der Waals surface area contributed by atoms with Crippen LogP contribution in [0.25, 0.3) is 6.08 Å². The van der Waals surface area contributed by atoms with Gasteiger partial charge in [-0.25, -0.2) is 0 Å². The van der Waals surface area contributed by atoms with Gasteiger partial charge >= 0.3 is 0 Å². The molecule has 0 amide bonds. The van der Waals surface area contributed by atoms with Crippen LogP contribution < -0.4 is 0 Å². The predicted octanol–water partition coefficient (Wildman–Crippen LogP) is 3.57. The summed E-state index contributed by atoms with van der Waals surface area (Å²) in [5.74, 6) is -0.00358. The molecule has 1 aliphatic carbocycles. The quantitative estimate of drug-likeness (QED) is 0.779. The maximum Gasteiger partial charge on any atom is 0.182 e. The molecular formula is C16H18O3. The number of rotatable bonds is 3. The number of allylic oxidation sites excluding steroid dienone is 3. The molecule has 0 saturated carbocycles. The van der Waals surface area contributed by atoms with Crippen molar-refractivity contribution in [2.45, 2.75) is 33.6 Å². The lowest BCUT2D eigenvalue weighted by Crippen LogP contribution is -2.29. The van der Waals surface area contributed by atoms with Crippen LogP contribution in [0.2, 0.25) is 0 Å². The summed E-state index contributed by atoms with van der Waals surface area (Å²) < 4.78 is 4.94. The molecule has 3 heteroatoms. The molecule has 0 unspecified atom stereocenters. The average molecular weight is 258 g/mol. The second-order valence-electron chi connectivity index (χ2n) is 5.56. The number of carbonyl (C=O) groups excluding carboxylic acids is 2. The molecule has 19 heavy (non-hydrogen) atoms. The molecule has 1 heterocycles. The molecule has 1 aliphatic rings. The van der Waals surface area contributed by atoms with Crippen LogP contribution in [0.1, 0.15) is 39.2 Å². The van der Waals surface area contributed by atoms with E-state index in [1.54, 1.807) is 31.6 Å². The summed E-state index contributed by atoms with van der Waals surface area (Å²) >= 11 is 0. The van der Waals surface area contributed by atoms with E-state index in [4.69, 9.17) is 4.42 Å². The van der Waals surface area contributed by atoms with Gasteiger partial charge in [0.1, 0.15) is 0 Å². The molecule has 0 aliphatic heterocycles. The molecule has 2 rings (SSSR count). The minimum Gasteiger partial charge on any atom is -0.472 e. The number of Topliss-reactive ketones (excluding diaryl/α,β-unsaturated/α-hetero) is 1. The van der Waals surface area contributed by atoms with E-state index in [0.29, 0.717) is 17.6 Å². The van der Waals surface area contributed by atoms with Crippen molar-refractivity contribution >= 4 is 17.6 Å². The minimum atomic E-state index is -0.240. The standard InChI is InChI=1S/C16H18O3/c1-11-13(17)6-8-16(2,3)15(11)14(18)5-4-12-7-9-19-10-12/h4-5,7,9-10H,6,8H2,1-3H3/b5-4+. The van der Waals surface area contributed by atoms with Gasteiger partial charge in [0.15, 0.2) is 11.6 Å². The number of furan rings is 1. The lowest BCUT2D eigenvalue weighted by Gasteiger charge is -2.32. The molecule has 0 radical (unpaired) electrons. The summed E-state index contributed by atoms with van der Waals surface area (Å²) in [5.41, 5.74) is 1.85. The van der Waals surface area contributed by atoms with Crippen LogP contribution in [-0.2, 0) is 9.59 Å². The van der Waals surface area contributed by atoms with Crippen LogP contribution in [0.4, 0.5) is 0 Å². The highest BCUT2D eigenvalue weighted by molar-refractivity contribution is 6.13. The van der Waals surface area contributed by atoms with Crippen molar-refractivity contribution in [3.63, 3.8) is 0 Å². The summed E-state index contributed by atoms with van der Waals surface area (Å²) in [5, 5.41) is 0. The average Bonchev–Trinajstić information content (AvgIpc) is 2.85. The molecular weight excluding hydrogens is 240 g/mol. The fourth-order valence-electron chi connectivity index (χ4n) is 2.53. The highest BCUT2D eigenvalue weighted by atomic mass is 16.3. The Hall–Kier alpha value is -1.90. The van der Waals surface area contributed by atoms with Crippen LogP contribution >= 0.6 is 0 Å². The molecule has 0 spiro atoms. The normalized spacial score (nSPS) is 19.2. The SMILES string of the molecule is CC1=C(C(=O)/C=C/c2ccoc2)C(C)(C)CCC1=O. The zero-order valence-electron chi connectivity index (χ0n) is 11.5. The van der Waals surface area contributed by atoms with E-state index in [2.05, 4.69) is 0 Å². The van der Waals surface area contributed by atoms with E-state index >= 15 is 0 Å². The number of carbonyl (C=O) groups is 2. The Morgan fingerprint density at radius 2 is 2.16 bits per heavy atom. The molecule has 0 N–H and O–H groups in total. The van der Waals surface area contributed by atoms with Crippen molar-refractivity contribution in [2.24, 2.45) is 5.41 Å². The fraction of sp³-hybridized carbons (Fsp3) is 0.375. The topological polar surface area (TPSA) is 47.3 Å². The summed E-state index contributed by atoms with van der Waals surface area (Å²) in [7, 11) is 0. The highest BCUT2D eigenvalue weighted by Crippen LogP contribution is 2.39. The Morgan fingerprint density at radius 3 is 2.79 bits per heavy atom. The lowest BCUT2D eigenvalue weighted by atomic mass is 9.70. The van der Waals surface area contributed by atoms with Crippen molar-refractivity contribution in [3.05, 3.63) is 41.4 Å². The summed E-state index contributed by atoms with van der Waals surface area (Å²) in [6.07, 6.45) is 7.61. The van der Waals surface area contributed by atoms with Crippen LogP contribution in [-0.4, -0.2) is 11.6 Å². The van der Waals surface area contributed by atoms with Gasteiger partial charge in [-0.2, -0.15) is 0 Å². The molecule has 100 valence electrons. The van der Waals surface area contributed by atoms with Crippen molar-refractivity contribution in [2.75, 3.05) is 0 Å².